The van der Waals surface area contributed by atoms with E-state index in [9.17, 15) is 0 Å². The molecule has 2 N–H and O–H groups in total. The number of benzene rings is 8. The van der Waals surface area contributed by atoms with E-state index in [2.05, 4.69) is 107 Å². The summed E-state index contributed by atoms with van der Waals surface area (Å²) >= 11 is 0. The molecule has 15 aromatic rings. The second-order valence-corrected chi connectivity index (χ2v) is 21.6. The molecule has 0 saturated carbocycles. The maximum atomic E-state index is 5.63. The van der Waals surface area contributed by atoms with Gasteiger partial charge in [-0.25, -0.2) is 49.8 Å². The average Bonchev–Trinajstić information content (AvgIpc) is 2.34. The highest BCUT2D eigenvalue weighted by molar-refractivity contribution is 6.08. The molecule has 0 spiro atoms. The molecule has 8 aromatic carbocycles. The van der Waals surface area contributed by atoms with Crippen molar-refractivity contribution in [2.75, 3.05) is 0 Å². The lowest BCUT2D eigenvalue weighted by Crippen LogP contribution is -1.97. The van der Waals surface area contributed by atoms with Crippen LogP contribution in [-0.4, -0.2) is 59.8 Å². The molecular formula is C76H46N12. The van der Waals surface area contributed by atoms with Crippen LogP contribution in [0.3, 0.4) is 0 Å². The summed E-state index contributed by atoms with van der Waals surface area (Å²) in [6.45, 7) is 0. The Morgan fingerprint density at radius 3 is 0.489 bits per heavy atom. The lowest BCUT2D eigenvalue weighted by molar-refractivity contribution is 1.23. The highest BCUT2D eigenvalue weighted by Crippen LogP contribution is 2.44. The third-order valence-electron chi connectivity index (χ3n) is 16.1. The summed E-state index contributed by atoms with van der Waals surface area (Å²) in [5.74, 6) is 0. The molecule has 0 saturated heterocycles. The molecule has 9 heterocycles. The minimum absolute atomic E-state index is 0.568. The van der Waals surface area contributed by atoms with Crippen LogP contribution >= 0.6 is 0 Å². The Hall–Kier alpha value is -12.3. The van der Waals surface area contributed by atoms with Crippen LogP contribution in [0.4, 0.5) is 0 Å². The zero-order valence-corrected chi connectivity index (χ0v) is 46.9. The summed E-state index contributed by atoms with van der Waals surface area (Å²) < 4.78 is 0. The van der Waals surface area contributed by atoms with Crippen LogP contribution in [0.1, 0.15) is 0 Å². The van der Waals surface area contributed by atoms with E-state index < -0.39 is 0 Å². The summed E-state index contributed by atoms with van der Waals surface area (Å²) in [6.07, 6.45) is 0. The standard InChI is InChI=1S/C76H46N12/c1-9-25-45(26-10-1)61-62(46-27-11-2-12-28-46)82-70-54-42-56-72-74(86-66(50-35-19-6-20-36-50)65(84-72)49-33-17-5-18-34-49)58(79-56)44-60-76-75(87-67(51-37-21-7-22-38-51)68(88-76)52-39-23-8-24-40-52)59(80-60)43-57-73-71(55(78-57)41-53(77-54)69(70)81-61)83-63(47-29-13-3-14-30-47)64(85-73)48-31-15-4-16-32-48/h1-44,77,80H. The number of hydrogen-bond donors (Lipinski definition) is 2. The normalized spacial score (nSPS) is 11.6. The smallest absolute Gasteiger partial charge is 0.117 e. The number of aromatic nitrogens is 12. The average molecular weight is 1130 g/mol. The maximum absolute atomic E-state index is 5.63. The van der Waals surface area contributed by atoms with Crippen LogP contribution < -0.4 is 0 Å². The second-order valence-electron chi connectivity index (χ2n) is 21.6. The molecule has 88 heavy (non-hydrogen) atoms. The SMILES string of the molecule is c1ccc(-c2nc3c(nc2-c2ccccc2)-c2cc4[nH]c(cc5nc(cc6[nH]c(cc-3n2)c2nc(-c3ccccc3)c(-c3ccccc3)nc62)-c2nc(-c3ccccc3)c(-c3ccccc3)nc2-5)c2nc(-c3ccccc3)c(-c3ccccc3)nc42)cc1. The van der Waals surface area contributed by atoms with E-state index in [1.165, 1.54) is 0 Å². The Kier molecular flexibility index (Phi) is 11.9. The summed E-state index contributed by atoms with van der Waals surface area (Å²) in [5.41, 5.74) is 22.8. The van der Waals surface area contributed by atoms with Crippen LogP contribution in [0.2, 0.25) is 0 Å². The number of nitrogens with one attached hydrogen (secondary N) is 2. The minimum Gasteiger partial charge on any atom is -0.352 e. The van der Waals surface area contributed by atoms with Crippen molar-refractivity contribution in [2.45, 2.75) is 0 Å². The largest absolute Gasteiger partial charge is 0.352 e. The number of H-pyrrole nitrogens is 2. The van der Waals surface area contributed by atoms with E-state index in [1.54, 1.807) is 0 Å². The lowest BCUT2D eigenvalue weighted by atomic mass is 10.0. The molecule has 0 fully saturated rings. The van der Waals surface area contributed by atoms with Gasteiger partial charge in [-0.05, 0) is 24.3 Å². The van der Waals surface area contributed by atoms with Crippen molar-refractivity contribution in [1.29, 1.82) is 0 Å². The third kappa shape index (κ3) is 8.70. The van der Waals surface area contributed by atoms with Crippen LogP contribution in [-0.2, 0) is 0 Å². The van der Waals surface area contributed by atoms with Gasteiger partial charge in [-0.1, -0.05) is 243 Å². The zero-order valence-electron chi connectivity index (χ0n) is 46.9. The van der Waals surface area contributed by atoms with Gasteiger partial charge >= 0.3 is 0 Å². The van der Waals surface area contributed by atoms with E-state index in [0.29, 0.717) is 112 Å². The highest BCUT2D eigenvalue weighted by atomic mass is 15.0. The van der Waals surface area contributed by atoms with Crippen molar-refractivity contribution in [3.8, 4) is 136 Å². The Morgan fingerprint density at radius 1 is 0.159 bits per heavy atom. The maximum Gasteiger partial charge on any atom is 0.117 e. The number of hydrogen-bond acceptors (Lipinski definition) is 10. The quantitative estimate of drug-likeness (QED) is 0.150. The minimum atomic E-state index is 0.568. The molecular weight excluding hydrogens is 1080 g/mol. The molecule has 8 bridgehead atoms. The van der Waals surface area contributed by atoms with E-state index >= 15 is 0 Å². The fourth-order valence-corrected chi connectivity index (χ4v) is 12.0. The molecule has 0 unspecified atom stereocenters. The van der Waals surface area contributed by atoms with E-state index in [4.69, 9.17) is 49.8 Å². The first kappa shape index (κ1) is 50.3. The van der Waals surface area contributed by atoms with Gasteiger partial charge in [0, 0.05) is 44.5 Å². The van der Waals surface area contributed by atoms with Gasteiger partial charge in [0.15, 0.2) is 0 Å². The molecule has 0 atom stereocenters. The van der Waals surface area contributed by atoms with Crippen LogP contribution in [0.15, 0.2) is 267 Å². The van der Waals surface area contributed by atoms with Crippen LogP contribution in [0, 0.1) is 0 Å². The van der Waals surface area contributed by atoms with Gasteiger partial charge < -0.3 is 9.97 Å². The van der Waals surface area contributed by atoms with E-state index in [1.807, 2.05) is 170 Å². The lowest BCUT2D eigenvalue weighted by Gasteiger charge is -2.11. The van der Waals surface area contributed by atoms with Crippen molar-refractivity contribution in [2.24, 2.45) is 0 Å². The van der Waals surface area contributed by atoms with Gasteiger partial charge in [-0.3, -0.25) is 0 Å². The van der Waals surface area contributed by atoms with E-state index in [0.717, 1.165) is 67.3 Å². The first-order valence-corrected chi connectivity index (χ1v) is 29.1. The molecule has 0 amide bonds. The van der Waals surface area contributed by atoms with Gasteiger partial charge in [-0.15, -0.1) is 0 Å². The molecule has 12 heteroatoms. The number of nitrogens with zero attached hydrogens (tertiary/aromatic N) is 10. The molecule has 0 radical (unpaired) electrons. The molecule has 2 aliphatic heterocycles. The Balaban J connectivity index is 1.05. The molecule has 410 valence electrons. The third-order valence-corrected chi connectivity index (χ3v) is 16.1. The number of aromatic amines is 2. The van der Waals surface area contributed by atoms with Crippen molar-refractivity contribution >= 4 is 44.1 Å². The van der Waals surface area contributed by atoms with Crippen LogP contribution in [0.25, 0.3) is 180 Å². The first-order chi connectivity index (χ1) is 43.6. The Bertz CT molecular complexity index is 4730. The number of rotatable bonds is 8. The zero-order chi connectivity index (χ0) is 58.1. The summed E-state index contributed by atoms with van der Waals surface area (Å²) in [5, 5.41) is 0. The van der Waals surface area contributed by atoms with Gasteiger partial charge in [0.2, 0.25) is 0 Å². The second kappa shape index (κ2) is 20.8. The van der Waals surface area contributed by atoms with Crippen LogP contribution in [0.5, 0.6) is 0 Å². The van der Waals surface area contributed by atoms with E-state index in [-0.39, 0.29) is 0 Å². The summed E-state index contributed by atoms with van der Waals surface area (Å²) in [7, 11) is 0. The van der Waals surface area contributed by atoms with Gasteiger partial charge in [0.25, 0.3) is 0 Å². The van der Waals surface area contributed by atoms with Crippen molar-refractivity contribution in [1.82, 2.24) is 59.8 Å². The molecule has 0 aliphatic carbocycles. The van der Waals surface area contributed by atoms with Crippen molar-refractivity contribution in [3.05, 3.63) is 267 Å². The predicted octanol–water partition coefficient (Wildman–Crippen LogP) is 17.8. The topological polar surface area (TPSA) is 160 Å². The first-order valence-electron chi connectivity index (χ1n) is 29.1. The van der Waals surface area contributed by atoms with Crippen molar-refractivity contribution in [3.63, 3.8) is 0 Å². The molecule has 17 rings (SSSR count). The molecule has 7 aromatic heterocycles. The van der Waals surface area contributed by atoms with Gasteiger partial charge in [-0.2, -0.15) is 0 Å². The predicted molar refractivity (Wildman–Crippen MR) is 351 cm³/mol. The van der Waals surface area contributed by atoms with Gasteiger partial charge in [0.1, 0.15) is 44.8 Å². The fourth-order valence-electron chi connectivity index (χ4n) is 12.0. The summed E-state index contributed by atoms with van der Waals surface area (Å²) in [4.78, 5) is 63.8. The Morgan fingerprint density at radius 2 is 0.318 bits per heavy atom. The fraction of sp³-hybridized carbons (Fsp3) is 0. The molecule has 12 nitrogen and oxygen atoms in total. The van der Waals surface area contributed by atoms with Gasteiger partial charge in [0.05, 0.1) is 90.4 Å². The monoisotopic (exact) mass is 1130 g/mol. The highest BCUT2D eigenvalue weighted by Gasteiger charge is 2.29. The summed E-state index contributed by atoms with van der Waals surface area (Å²) in [6, 6.07) is 89.7. The van der Waals surface area contributed by atoms with Crippen molar-refractivity contribution < 1.29 is 0 Å². The molecule has 2 aliphatic rings. The Labute approximate surface area is 503 Å². The number of fused-ring (bicyclic) bond motifs is 20.